The number of rotatable bonds is 6. The van der Waals surface area contributed by atoms with Crippen LogP contribution in [-0.4, -0.2) is 38.2 Å². The fourth-order valence-corrected chi connectivity index (χ4v) is 1.93. The first kappa shape index (κ1) is 15.7. The minimum atomic E-state index is -3.61. The van der Waals surface area contributed by atoms with Gasteiger partial charge in [-0.15, -0.1) is 11.6 Å². The van der Waals surface area contributed by atoms with E-state index in [4.69, 9.17) is 16.3 Å². The van der Waals surface area contributed by atoms with E-state index in [2.05, 4.69) is 4.72 Å². The SMILES string of the molecule is CC(C)(C)OC(=O)CS(=O)(=O)NCCCCl. The first-order chi connectivity index (χ1) is 7.16. The van der Waals surface area contributed by atoms with Gasteiger partial charge in [0.25, 0.3) is 0 Å². The van der Waals surface area contributed by atoms with Gasteiger partial charge in [0, 0.05) is 12.4 Å². The number of sulfonamides is 1. The Morgan fingerprint density at radius 1 is 1.38 bits per heavy atom. The first-order valence-electron chi connectivity index (χ1n) is 4.91. The van der Waals surface area contributed by atoms with E-state index in [1.54, 1.807) is 20.8 Å². The third-order valence-corrected chi connectivity index (χ3v) is 2.89. The summed E-state index contributed by atoms with van der Waals surface area (Å²) in [5.74, 6) is -1.05. The molecule has 7 heteroatoms. The molecule has 0 aromatic heterocycles. The molecule has 0 aliphatic carbocycles. The number of nitrogens with one attached hydrogen (secondary N) is 1. The molecule has 0 aromatic rings. The van der Waals surface area contributed by atoms with E-state index in [1.807, 2.05) is 0 Å². The van der Waals surface area contributed by atoms with Crippen LogP contribution in [0.1, 0.15) is 27.2 Å². The largest absolute Gasteiger partial charge is 0.459 e. The van der Waals surface area contributed by atoms with Crippen LogP contribution in [0.3, 0.4) is 0 Å². The van der Waals surface area contributed by atoms with Gasteiger partial charge in [-0.25, -0.2) is 13.1 Å². The number of hydrogen-bond donors (Lipinski definition) is 1. The van der Waals surface area contributed by atoms with E-state index in [9.17, 15) is 13.2 Å². The molecule has 0 saturated heterocycles. The average molecular weight is 272 g/mol. The lowest BCUT2D eigenvalue weighted by molar-refractivity contribution is -0.151. The lowest BCUT2D eigenvalue weighted by atomic mass is 10.2. The van der Waals surface area contributed by atoms with E-state index in [1.165, 1.54) is 0 Å². The van der Waals surface area contributed by atoms with Crippen LogP contribution in [0.2, 0.25) is 0 Å². The molecule has 0 bridgehead atoms. The van der Waals surface area contributed by atoms with E-state index in [0.717, 1.165) is 0 Å². The topological polar surface area (TPSA) is 72.5 Å². The highest BCUT2D eigenvalue weighted by Crippen LogP contribution is 2.07. The van der Waals surface area contributed by atoms with Crippen molar-refractivity contribution in [2.45, 2.75) is 32.8 Å². The standard InChI is InChI=1S/C9H18ClNO4S/c1-9(2,3)15-8(12)7-16(13,14)11-6-4-5-10/h11H,4-7H2,1-3H3. The second-order valence-electron chi connectivity index (χ2n) is 4.28. The molecule has 0 aromatic carbocycles. The lowest BCUT2D eigenvalue weighted by Gasteiger charge is -2.19. The number of ether oxygens (including phenoxy) is 1. The third-order valence-electron chi connectivity index (χ3n) is 1.36. The van der Waals surface area contributed by atoms with E-state index < -0.39 is 27.3 Å². The molecule has 5 nitrogen and oxygen atoms in total. The third kappa shape index (κ3) is 8.94. The fourth-order valence-electron chi connectivity index (χ4n) is 0.872. The maximum absolute atomic E-state index is 11.3. The zero-order valence-corrected chi connectivity index (χ0v) is 11.3. The molecule has 0 aliphatic heterocycles. The molecule has 0 radical (unpaired) electrons. The average Bonchev–Trinajstić information content (AvgIpc) is 1.98. The molecular formula is C9H18ClNO4S. The van der Waals surface area contributed by atoms with Crippen LogP contribution >= 0.6 is 11.6 Å². The number of hydrogen-bond acceptors (Lipinski definition) is 4. The van der Waals surface area contributed by atoms with Crippen LogP contribution in [0.15, 0.2) is 0 Å². The smallest absolute Gasteiger partial charge is 0.323 e. The molecule has 0 saturated carbocycles. The summed E-state index contributed by atoms with van der Waals surface area (Å²) in [6.45, 7) is 5.27. The highest BCUT2D eigenvalue weighted by molar-refractivity contribution is 7.90. The van der Waals surface area contributed by atoms with Gasteiger partial charge in [-0.1, -0.05) is 0 Å². The highest BCUT2D eigenvalue weighted by atomic mass is 35.5. The molecule has 0 spiro atoms. The number of esters is 1. The summed E-state index contributed by atoms with van der Waals surface area (Å²) in [5, 5.41) is 0. The maximum Gasteiger partial charge on any atom is 0.323 e. The van der Waals surface area contributed by atoms with Crippen LogP contribution in [0, 0.1) is 0 Å². The summed E-state index contributed by atoms with van der Waals surface area (Å²) in [5.41, 5.74) is -0.678. The maximum atomic E-state index is 11.3. The Morgan fingerprint density at radius 3 is 2.38 bits per heavy atom. The summed E-state index contributed by atoms with van der Waals surface area (Å²) < 4.78 is 29.9. The quantitative estimate of drug-likeness (QED) is 0.442. The molecule has 0 fully saturated rings. The minimum absolute atomic E-state index is 0.231. The van der Waals surface area contributed by atoms with Crippen LogP contribution in [0.4, 0.5) is 0 Å². The second-order valence-corrected chi connectivity index (χ2v) is 6.47. The van der Waals surface area contributed by atoms with Crippen molar-refractivity contribution in [3.63, 3.8) is 0 Å². The van der Waals surface area contributed by atoms with Crippen molar-refractivity contribution < 1.29 is 17.9 Å². The van der Waals surface area contributed by atoms with E-state index >= 15 is 0 Å². The zero-order valence-electron chi connectivity index (χ0n) is 9.75. The van der Waals surface area contributed by atoms with Gasteiger partial charge in [0.2, 0.25) is 10.0 Å². The van der Waals surface area contributed by atoms with Gasteiger partial charge in [-0.2, -0.15) is 0 Å². The molecular weight excluding hydrogens is 254 g/mol. The Kier molecular flexibility index (Phi) is 6.28. The van der Waals surface area contributed by atoms with Crippen LogP contribution in [0.5, 0.6) is 0 Å². The van der Waals surface area contributed by atoms with E-state index in [0.29, 0.717) is 12.3 Å². The molecule has 0 amide bonds. The Hall–Kier alpha value is -0.330. The minimum Gasteiger partial charge on any atom is -0.459 e. The molecule has 0 aliphatic rings. The zero-order chi connectivity index (χ0) is 12.8. The van der Waals surface area contributed by atoms with Gasteiger partial charge in [0.15, 0.2) is 5.75 Å². The molecule has 1 N–H and O–H groups in total. The number of carbonyl (C=O) groups is 1. The van der Waals surface area contributed by atoms with Crippen molar-refractivity contribution in [2.24, 2.45) is 0 Å². The first-order valence-corrected chi connectivity index (χ1v) is 7.10. The summed E-state index contributed by atoms with van der Waals surface area (Å²) >= 11 is 5.40. The second kappa shape index (κ2) is 6.42. The number of halogens is 1. The molecule has 0 atom stereocenters. The van der Waals surface area contributed by atoms with Gasteiger partial charge in [0.05, 0.1) is 0 Å². The lowest BCUT2D eigenvalue weighted by Crippen LogP contribution is -2.34. The van der Waals surface area contributed by atoms with Crippen molar-refractivity contribution >= 4 is 27.6 Å². The predicted molar refractivity (Wildman–Crippen MR) is 63.0 cm³/mol. The summed E-state index contributed by atoms with van der Waals surface area (Å²) in [6.07, 6.45) is 0.523. The van der Waals surface area contributed by atoms with Crippen molar-refractivity contribution in [2.75, 3.05) is 18.2 Å². The van der Waals surface area contributed by atoms with Crippen LogP contribution in [0.25, 0.3) is 0 Å². The fraction of sp³-hybridized carbons (Fsp3) is 0.889. The van der Waals surface area contributed by atoms with Crippen molar-refractivity contribution in [3.8, 4) is 0 Å². The summed E-state index contributed by atoms with van der Waals surface area (Å²) in [4.78, 5) is 11.2. The molecule has 0 unspecified atom stereocenters. The Balaban J connectivity index is 4.11. The van der Waals surface area contributed by atoms with Crippen molar-refractivity contribution in [1.29, 1.82) is 0 Å². The van der Waals surface area contributed by atoms with E-state index in [-0.39, 0.29) is 6.54 Å². The van der Waals surface area contributed by atoms with Crippen molar-refractivity contribution in [3.05, 3.63) is 0 Å². The molecule has 0 heterocycles. The van der Waals surface area contributed by atoms with Gasteiger partial charge in [-0.3, -0.25) is 4.79 Å². The number of carbonyl (C=O) groups excluding carboxylic acids is 1. The summed E-state index contributed by atoms with van der Waals surface area (Å²) in [7, 11) is -3.61. The van der Waals surface area contributed by atoms with Crippen molar-refractivity contribution in [1.82, 2.24) is 4.72 Å². The van der Waals surface area contributed by atoms with Crippen LogP contribution in [-0.2, 0) is 19.6 Å². The Labute approximate surface area is 102 Å². The van der Waals surface area contributed by atoms with Gasteiger partial charge in [-0.05, 0) is 27.2 Å². The highest BCUT2D eigenvalue weighted by Gasteiger charge is 2.22. The van der Waals surface area contributed by atoms with Crippen LogP contribution < -0.4 is 4.72 Å². The predicted octanol–water partition coefficient (Wildman–Crippen LogP) is 0.876. The van der Waals surface area contributed by atoms with Gasteiger partial charge < -0.3 is 4.74 Å². The normalized spacial score (nSPS) is 12.5. The van der Waals surface area contributed by atoms with Gasteiger partial charge >= 0.3 is 5.97 Å². The molecule has 16 heavy (non-hydrogen) atoms. The van der Waals surface area contributed by atoms with Gasteiger partial charge in [0.1, 0.15) is 5.60 Å². The molecule has 96 valence electrons. The summed E-state index contributed by atoms with van der Waals surface area (Å²) in [6, 6.07) is 0. The Bertz CT molecular complexity index is 321. The molecule has 0 rings (SSSR count). The number of alkyl halides is 1. The monoisotopic (exact) mass is 271 g/mol. The Morgan fingerprint density at radius 2 is 1.94 bits per heavy atom.